The number of hydrogen-bond donors (Lipinski definition) is 2. The molecule has 2 aromatic rings. The summed E-state index contributed by atoms with van der Waals surface area (Å²) in [6.45, 7) is 0.452. The van der Waals surface area contributed by atoms with E-state index in [0.717, 1.165) is 12.8 Å². The van der Waals surface area contributed by atoms with Crippen molar-refractivity contribution in [2.24, 2.45) is 5.14 Å². The lowest BCUT2D eigenvalue weighted by Crippen LogP contribution is -2.23. The summed E-state index contributed by atoms with van der Waals surface area (Å²) >= 11 is 0. The van der Waals surface area contributed by atoms with E-state index in [4.69, 9.17) is 5.14 Å². The molecule has 0 aliphatic heterocycles. The van der Waals surface area contributed by atoms with Crippen molar-refractivity contribution >= 4 is 15.9 Å². The van der Waals surface area contributed by atoms with Gasteiger partial charge in [0.05, 0.1) is 4.90 Å². The quantitative estimate of drug-likeness (QED) is 0.684. The van der Waals surface area contributed by atoms with Gasteiger partial charge in [-0.15, -0.1) is 0 Å². The number of aryl methyl sites for hydroxylation is 1. The first kappa shape index (κ1) is 22.3. The van der Waals surface area contributed by atoms with Crippen molar-refractivity contribution in [2.45, 2.75) is 62.7 Å². The van der Waals surface area contributed by atoms with Gasteiger partial charge in [-0.3, -0.25) is 9.48 Å². The molecule has 0 atom stereocenters. The molecule has 0 radical (unpaired) electrons. The summed E-state index contributed by atoms with van der Waals surface area (Å²) in [5.74, 6) is -0.248. The number of nitrogens with zero attached hydrogens (tertiary/aromatic N) is 2. The predicted octanol–water partition coefficient (Wildman–Crippen LogP) is 2.52. The highest BCUT2D eigenvalue weighted by atomic mass is 32.2. The highest BCUT2D eigenvalue weighted by molar-refractivity contribution is 7.89. The maximum atomic E-state index is 13.2. The third-order valence-corrected chi connectivity index (χ3v) is 5.97. The molecule has 0 saturated heterocycles. The van der Waals surface area contributed by atoms with Gasteiger partial charge in [0, 0.05) is 30.8 Å². The van der Waals surface area contributed by atoms with Crippen molar-refractivity contribution in [3.8, 4) is 0 Å². The normalized spacial score (nSPS) is 14.4. The van der Waals surface area contributed by atoms with Crippen LogP contribution < -0.4 is 10.5 Å². The number of nitrogens with one attached hydrogen (secondary N) is 1. The molecule has 3 rings (SSSR count). The second-order valence-electron chi connectivity index (χ2n) is 7.27. The highest BCUT2D eigenvalue weighted by Gasteiger charge is 2.39. The third kappa shape index (κ3) is 5.39. The van der Waals surface area contributed by atoms with Crippen LogP contribution in [0.5, 0.6) is 0 Å². The number of amides is 1. The largest absolute Gasteiger partial charge is 0.435 e. The van der Waals surface area contributed by atoms with Crippen molar-refractivity contribution < 1.29 is 26.4 Å². The lowest BCUT2D eigenvalue weighted by molar-refractivity contribution is -0.142. The minimum Gasteiger partial charge on any atom is -0.352 e. The van der Waals surface area contributed by atoms with Crippen molar-refractivity contribution in [3.63, 3.8) is 0 Å². The van der Waals surface area contributed by atoms with E-state index in [0.29, 0.717) is 36.1 Å². The van der Waals surface area contributed by atoms with Gasteiger partial charge in [0.1, 0.15) is 0 Å². The first-order valence-electron chi connectivity index (χ1n) is 9.60. The monoisotopic (exact) mass is 444 g/mol. The molecular weight excluding hydrogens is 421 g/mol. The van der Waals surface area contributed by atoms with Gasteiger partial charge >= 0.3 is 6.18 Å². The van der Waals surface area contributed by atoms with E-state index in [1.807, 2.05) is 0 Å². The number of fused-ring (bicyclic) bond motifs is 1. The van der Waals surface area contributed by atoms with Crippen LogP contribution >= 0.6 is 0 Å². The zero-order valence-electron chi connectivity index (χ0n) is 16.2. The van der Waals surface area contributed by atoms with E-state index < -0.39 is 21.9 Å². The number of sulfonamides is 1. The number of aromatic nitrogens is 2. The second-order valence-corrected chi connectivity index (χ2v) is 8.83. The summed E-state index contributed by atoms with van der Waals surface area (Å²) in [4.78, 5) is 12.0. The lowest BCUT2D eigenvalue weighted by Gasteiger charge is -2.14. The van der Waals surface area contributed by atoms with Crippen molar-refractivity contribution in [2.75, 3.05) is 0 Å². The molecule has 0 saturated carbocycles. The van der Waals surface area contributed by atoms with Crippen LogP contribution in [0.15, 0.2) is 29.2 Å². The summed E-state index contributed by atoms with van der Waals surface area (Å²) < 4.78 is 63.5. The van der Waals surface area contributed by atoms with Gasteiger partial charge < -0.3 is 5.32 Å². The van der Waals surface area contributed by atoms with Crippen LogP contribution in [-0.4, -0.2) is 24.1 Å². The standard InChI is InChI=1S/C19H23F3N4O3S/c20-19(21,22)18-15-4-1-2-5-16(15)26(25-18)11-3-6-17(27)24-12-13-7-9-14(10-8-13)30(23,28)29/h7-10H,1-6,11-12H2,(H,24,27)(H2,23,28,29). The molecule has 0 unspecified atom stereocenters. The van der Waals surface area contributed by atoms with Crippen molar-refractivity contribution in [1.82, 2.24) is 15.1 Å². The number of halogens is 3. The average molecular weight is 444 g/mol. The van der Waals surface area contributed by atoms with E-state index in [9.17, 15) is 26.4 Å². The van der Waals surface area contributed by atoms with Gasteiger partial charge in [-0.25, -0.2) is 13.6 Å². The second kappa shape index (κ2) is 8.76. The molecule has 1 aliphatic rings. The number of benzene rings is 1. The number of carbonyl (C=O) groups is 1. The van der Waals surface area contributed by atoms with Gasteiger partial charge in [-0.05, 0) is 49.8 Å². The Morgan fingerprint density at radius 3 is 2.47 bits per heavy atom. The average Bonchev–Trinajstić information content (AvgIpc) is 3.05. The third-order valence-electron chi connectivity index (χ3n) is 5.04. The topological polar surface area (TPSA) is 107 Å². The number of alkyl halides is 3. The molecule has 0 bridgehead atoms. The van der Waals surface area contributed by atoms with E-state index in [1.54, 1.807) is 12.1 Å². The summed E-state index contributed by atoms with van der Waals surface area (Å²) in [5, 5.41) is 11.5. The maximum Gasteiger partial charge on any atom is 0.435 e. The van der Waals surface area contributed by atoms with Gasteiger partial charge in [0.25, 0.3) is 0 Å². The predicted molar refractivity (Wildman–Crippen MR) is 103 cm³/mol. The van der Waals surface area contributed by atoms with Crippen LogP contribution in [0.4, 0.5) is 13.2 Å². The first-order valence-corrected chi connectivity index (χ1v) is 11.1. The molecule has 1 aromatic heterocycles. The van der Waals surface area contributed by atoms with Gasteiger partial charge in [0.15, 0.2) is 5.69 Å². The fraction of sp³-hybridized carbons (Fsp3) is 0.474. The molecule has 0 fully saturated rings. The molecule has 1 aliphatic carbocycles. The van der Waals surface area contributed by atoms with Crippen LogP contribution in [0, 0.1) is 0 Å². The smallest absolute Gasteiger partial charge is 0.352 e. The molecule has 11 heteroatoms. The Morgan fingerprint density at radius 1 is 1.17 bits per heavy atom. The SMILES string of the molecule is NS(=O)(=O)c1ccc(CNC(=O)CCCn2nc(C(F)(F)F)c3c2CCCC3)cc1. The Hall–Kier alpha value is -2.40. The summed E-state index contributed by atoms with van der Waals surface area (Å²) in [7, 11) is -3.77. The van der Waals surface area contributed by atoms with Crippen molar-refractivity contribution in [3.05, 3.63) is 46.8 Å². The molecule has 1 aromatic carbocycles. The highest BCUT2D eigenvalue weighted by Crippen LogP contribution is 2.35. The van der Waals surface area contributed by atoms with Crippen LogP contribution in [0.3, 0.4) is 0 Å². The first-order chi connectivity index (χ1) is 14.1. The number of carbonyl (C=O) groups excluding carboxylic acids is 1. The zero-order valence-corrected chi connectivity index (χ0v) is 17.0. The summed E-state index contributed by atoms with van der Waals surface area (Å²) in [6.07, 6.45) is -1.45. The van der Waals surface area contributed by atoms with Gasteiger partial charge in [-0.2, -0.15) is 18.3 Å². The lowest BCUT2D eigenvalue weighted by atomic mass is 9.95. The Labute approximate surface area is 172 Å². The number of hydrogen-bond acceptors (Lipinski definition) is 4. The van der Waals surface area contributed by atoms with Crippen molar-refractivity contribution in [1.29, 1.82) is 0 Å². The fourth-order valence-electron chi connectivity index (χ4n) is 3.56. The van der Waals surface area contributed by atoms with Gasteiger partial charge in [0.2, 0.25) is 15.9 Å². The molecule has 30 heavy (non-hydrogen) atoms. The molecule has 164 valence electrons. The Balaban J connectivity index is 1.52. The summed E-state index contributed by atoms with van der Waals surface area (Å²) in [6, 6.07) is 5.81. The molecule has 3 N–H and O–H groups in total. The van der Waals surface area contributed by atoms with Gasteiger partial charge in [-0.1, -0.05) is 12.1 Å². The van der Waals surface area contributed by atoms with Crippen LogP contribution in [0.2, 0.25) is 0 Å². The molecular formula is C19H23F3N4O3S. The maximum absolute atomic E-state index is 13.2. The zero-order chi connectivity index (χ0) is 21.9. The molecule has 1 amide bonds. The van der Waals surface area contributed by atoms with E-state index >= 15 is 0 Å². The number of primary sulfonamides is 1. The number of nitrogens with two attached hydrogens (primary N) is 1. The summed E-state index contributed by atoms with van der Waals surface area (Å²) in [5.41, 5.74) is 0.821. The van der Waals surface area contributed by atoms with E-state index in [-0.39, 0.29) is 30.3 Å². The Morgan fingerprint density at radius 2 is 1.83 bits per heavy atom. The van der Waals surface area contributed by atoms with Crippen LogP contribution in [0.1, 0.15) is 48.2 Å². The van der Waals surface area contributed by atoms with Crippen LogP contribution in [0.25, 0.3) is 0 Å². The minimum absolute atomic E-state index is 0.0154. The van der Waals surface area contributed by atoms with E-state index in [1.165, 1.54) is 16.8 Å². The molecule has 7 nitrogen and oxygen atoms in total. The van der Waals surface area contributed by atoms with E-state index in [2.05, 4.69) is 10.4 Å². The fourth-order valence-corrected chi connectivity index (χ4v) is 4.07. The Kier molecular flexibility index (Phi) is 6.51. The minimum atomic E-state index is -4.47. The van der Waals surface area contributed by atoms with Crippen LogP contribution in [-0.2, 0) is 46.9 Å². The molecule has 1 heterocycles. The Bertz CT molecular complexity index is 1010. The molecule has 0 spiro atoms. The number of rotatable bonds is 7.